The Balaban J connectivity index is 3.38. The Morgan fingerprint density at radius 3 is 0.857 bits per heavy atom. The standard InChI is InChI=1S/C37H72O5/c1-3-5-7-9-11-13-15-17-18-19-20-22-24-26-28-30-32-37(40)42-34-35(38)33-41-36(39)31-29-27-25-23-21-16-14-12-10-8-6-4-2/h35,38H,3-34H2,1-2H3/t35-/m0/s1. The van der Waals surface area contributed by atoms with Crippen molar-refractivity contribution in [3.63, 3.8) is 0 Å². The fourth-order valence-electron chi connectivity index (χ4n) is 5.50. The van der Waals surface area contributed by atoms with Crippen LogP contribution in [0, 0.1) is 0 Å². The number of ether oxygens (including phenoxy) is 2. The summed E-state index contributed by atoms with van der Waals surface area (Å²) in [6, 6.07) is 0. The zero-order valence-corrected chi connectivity index (χ0v) is 28.3. The van der Waals surface area contributed by atoms with Crippen LogP contribution < -0.4 is 0 Å². The molecule has 5 heteroatoms. The number of hydrogen-bond acceptors (Lipinski definition) is 5. The van der Waals surface area contributed by atoms with Gasteiger partial charge in [0.05, 0.1) is 0 Å². The number of esters is 2. The molecule has 0 rings (SSSR count). The second kappa shape index (κ2) is 34.4. The van der Waals surface area contributed by atoms with Crippen LogP contribution >= 0.6 is 0 Å². The molecule has 0 aliphatic carbocycles. The zero-order chi connectivity index (χ0) is 30.8. The van der Waals surface area contributed by atoms with Gasteiger partial charge in [0, 0.05) is 12.8 Å². The fraction of sp³-hybridized carbons (Fsp3) is 0.946. The van der Waals surface area contributed by atoms with Gasteiger partial charge in [-0.3, -0.25) is 9.59 Å². The van der Waals surface area contributed by atoms with Gasteiger partial charge in [-0.05, 0) is 12.8 Å². The molecule has 0 aliphatic rings. The summed E-state index contributed by atoms with van der Waals surface area (Å²) < 4.78 is 10.3. The molecule has 1 N–H and O–H groups in total. The Hall–Kier alpha value is -1.10. The Labute approximate surface area is 261 Å². The highest BCUT2D eigenvalue weighted by Gasteiger charge is 2.12. The lowest BCUT2D eigenvalue weighted by molar-refractivity contribution is -0.152. The van der Waals surface area contributed by atoms with Crippen molar-refractivity contribution in [3.05, 3.63) is 0 Å². The summed E-state index contributed by atoms with van der Waals surface area (Å²) in [5, 5.41) is 9.98. The van der Waals surface area contributed by atoms with E-state index in [4.69, 9.17) is 9.47 Å². The highest BCUT2D eigenvalue weighted by atomic mass is 16.6. The van der Waals surface area contributed by atoms with Crippen molar-refractivity contribution in [1.29, 1.82) is 0 Å². The molecule has 0 aromatic carbocycles. The summed E-state index contributed by atoms with van der Waals surface area (Å²) in [5.41, 5.74) is 0. The minimum atomic E-state index is -0.953. The molecule has 0 unspecified atom stereocenters. The third kappa shape index (κ3) is 33.4. The van der Waals surface area contributed by atoms with E-state index in [-0.39, 0.29) is 25.2 Å². The normalized spacial score (nSPS) is 12.0. The predicted molar refractivity (Wildman–Crippen MR) is 178 cm³/mol. The van der Waals surface area contributed by atoms with E-state index >= 15 is 0 Å². The molecule has 250 valence electrons. The molecule has 0 bridgehead atoms. The van der Waals surface area contributed by atoms with E-state index in [9.17, 15) is 14.7 Å². The maximum atomic E-state index is 11.9. The Morgan fingerprint density at radius 1 is 0.405 bits per heavy atom. The second-order valence-corrected chi connectivity index (χ2v) is 12.7. The van der Waals surface area contributed by atoms with E-state index in [0.29, 0.717) is 12.8 Å². The Bertz CT molecular complexity index is 564. The van der Waals surface area contributed by atoms with Crippen molar-refractivity contribution >= 4 is 11.9 Å². The number of rotatable bonds is 34. The van der Waals surface area contributed by atoms with Gasteiger partial charge in [0.25, 0.3) is 0 Å². The molecule has 0 aromatic heterocycles. The Morgan fingerprint density at radius 2 is 0.619 bits per heavy atom. The third-order valence-electron chi connectivity index (χ3n) is 8.34. The quantitative estimate of drug-likeness (QED) is 0.0591. The molecule has 0 aromatic rings. The lowest BCUT2D eigenvalue weighted by Crippen LogP contribution is -2.25. The first-order valence-electron chi connectivity index (χ1n) is 18.6. The van der Waals surface area contributed by atoms with Crippen LogP contribution in [-0.2, 0) is 19.1 Å². The van der Waals surface area contributed by atoms with Crippen molar-refractivity contribution in [2.24, 2.45) is 0 Å². The van der Waals surface area contributed by atoms with Crippen LogP contribution in [0.25, 0.3) is 0 Å². The maximum Gasteiger partial charge on any atom is 0.305 e. The van der Waals surface area contributed by atoms with E-state index in [0.717, 1.165) is 25.7 Å². The number of aliphatic hydroxyl groups excluding tert-OH is 1. The van der Waals surface area contributed by atoms with Gasteiger partial charge in [0.15, 0.2) is 0 Å². The molecule has 42 heavy (non-hydrogen) atoms. The highest BCUT2D eigenvalue weighted by Crippen LogP contribution is 2.15. The number of carbonyl (C=O) groups excluding carboxylic acids is 2. The number of aliphatic hydroxyl groups is 1. The second-order valence-electron chi connectivity index (χ2n) is 12.7. The molecule has 0 amide bonds. The fourth-order valence-corrected chi connectivity index (χ4v) is 5.50. The third-order valence-corrected chi connectivity index (χ3v) is 8.34. The average Bonchev–Trinajstić information content (AvgIpc) is 2.99. The molecular formula is C37H72O5. The van der Waals surface area contributed by atoms with Gasteiger partial charge in [-0.25, -0.2) is 0 Å². The van der Waals surface area contributed by atoms with Crippen LogP contribution in [0.3, 0.4) is 0 Å². The van der Waals surface area contributed by atoms with Crippen LogP contribution in [0.15, 0.2) is 0 Å². The summed E-state index contributed by atoms with van der Waals surface area (Å²) >= 11 is 0. The molecule has 5 nitrogen and oxygen atoms in total. The summed E-state index contributed by atoms with van der Waals surface area (Å²) in [4.78, 5) is 23.8. The van der Waals surface area contributed by atoms with Crippen LogP contribution in [0.5, 0.6) is 0 Å². The molecule has 1 atom stereocenters. The van der Waals surface area contributed by atoms with E-state index in [2.05, 4.69) is 13.8 Å². The summed E-state index contributed by atoms with van der Waals surface area (Å²) in [6.45, 7) is 4.31. The predicted octanol–water partition coefficient (Wildman–Crippen LogP) is 11.2. The monoisotopic (exact) mass is 597 g/mol. The SMILES string of the molecule is CCCCCCCCCCCCCCCCCCC(=O)OC[C@@H](O)COC(=O)CCCCCCCCCCCCCC. The van der Waals surface area contributed by atoms with Crippen LogP contribution in [-0.4, -0.2) is 36.4 Å². The van der Waals surface area contributed by atoms with Crippen LogP contribution in [0.1, 0.15) is 206 Å². The number of carbonyl (C=O) groups is 2. The molecule has 0 radical (unpaired) electrons. The van der Waals surface area contributed by atoms with E-state index in [1.807, 2.05) is 0 Å². The summed E-state index contributed by atoms with van der Waals surface area (Å²) in [6.07, 6.45) is 35.8. The molecular weight excluding hydrogens is 524 g/mol. The van der Waals surface area contributed by atoms with Crippen molar-refractivity contribution < 1.29 is 24.2 Å². The summed E-state index contributed by atoms with van der Waals surface area (Å²) in [5.74, 6) is -0.553. The smallest absolute Gasteiger partial charge is 0.305 e. The maximum absolute atomic E-state index is 11.9. The van der Waals surface area contributed by atoms with Crippen molar-refractivity contribution in [3.8, 4) is 0 Å². The molecule has 0 aliphatic heterocycles. The molecule has 0 saturated heterocycles. The van der Waals surface area contributed by atoms with E-state index in [1.165, 1.54) is 154 Å². The van der Waals surface area contributed by atoms with E-state index in [1.54, 1.807) is 0 Å². The topological polar surface area (TPSA) is 72.8 Å². The van der Waals surface area contributed by atoms with Crippen LogP contribution in [0.2, 0.25) is 0 Å². The van der Waals surface area contributed by atoms with Gasteiger partial charge in [0.1, 0.15) is 19.3 Å². The van der Waals surface area contributed by atoms with Crippen molar-refractivity contribution in [2.45, 2.75) is 213 Å². The van der Waals surface area contributed by atoms with Gasteiger partial charge in [-0.15, -0.1) is 0 Å². The van der Waals surface area contributed by atoms with Crippen LogP contribution in [0.4, 0.5) is 0 Å². The molecule has 0 saturated carbocycles. The average molecular weight is 597 g/mol. The minimum absolute atomic E-state index is 0.108. The zero-order valence-electron chi connectivity index (χ0n) is 28.3. The molecule has 0 heterocycles. The largest absolute Gasteiger partial charge is 0.463 e. The lowest BCUT2D eigenvalue weighted by atomic mass is 10.0. The first-order chi connectivity index (χ1) is 20.6. The summed E-state index contributed by atoms with van der Waals surface area (Å²) in [7, 11) is 0. The van der Waals surface area contributed by atoms with Gasteiger partial charge in [0.2, 0.25) is 0 Å². The number of unbranched alkanes of at least 4 members (excludes halogenated alkanes) is 26. The first-order valence-corrected chi connectivity index (χ1v) is 18.6. The highest BCUT2D eigenvalue weighted by molar-refractivity contribution is 5.69. The first kappa shape index (κ1) is 40.9. The number of hydrogen-bond donors (Lipinski definition) is 1. The van der Waals surface area contributed by atoms with Gasteiger partial charge in [-0.1, -0.05) is 181 Å². The van der Waals surface area contributed by atoms with Gasteiger partial charge in [-0.2, -0.15) is 0 Å². The molecule has 0 spiro atoms. The van der Waals surface area contributed by atoms with Gasteiger partial charge < -0.3 is 14.6 Å². The minimum Gasteiger partial charge on any atom is -0.463 e. The van der Waals surface area contributed by atoms with Crippen molar-refractivity contribution in [2.75, 3.05) is 13.2 Å². The van der Waals surface area contributed by atoms with Gasteiger partial charge >= 0.3 is 11.9 Å². The molecule has 0 fully saturated rings. The lowest BCUT2D eigenvalue weighted by Gasteiger charge is -2.12. The Kier molecular flexibility index (Phi) is 33.5. The van der Waals surface area contributed by atoms with Crippen molar-refractivity contribution in [1.82, 2.24) is 0 Å². The van der Waals surface area contributed by atoms with E-state index < -0.39 is 6.10 Å².